The number of carbonyl (C=O) groups excluding carboxylic acids is 1. The first-order chi connectivity index (χ1) is 11.6. The molecule has 8 heteroatoms. The molecule has 1 atom stereocenters. The van der Waals surface area contributed by atoms with Crippen LogP contribution in [0.3, 0.4) is 0 Å². The van der Waals surface area contributed by atoms with Crippen molar-refractivity contribution in [3.63, 3.8) is 0 Å². The molecule has 1 aliphatic rings. The van der Waals surface area contributed by atoms with Gasteiger partial charge in [0.1, 0.15) is 12.7 Å². The van der Waals surface area contributed by atoms with Gasteiger partial charge in [-0.25, -0.2) is 4.98 Å². The highest BCUT2D eigenvalue weighted by molar-refractivity contribution is 5.78. The van der Waals surface area contributed by atoms with E-state index in [9.17, 15) is 4.79 Å². The molecule has 1 aliphatic heterocycles. The zero-order valence-electron chi connectivity index (χ0n) is 14.4. The normalized spacial score (nSPS) is 18.7. The van der Waals surface area contributed by atoms with E-state index in [0.717, 1.165) is 31.5 Å². The van der Waals surface area contributed by atoms with Gasteiger partial charge in [-0.2, -0.15) is 10.2 Å². The van der Waals surface area contributed by atoms with Gasteiger partial charge < -0.3 is 4.90 Å². The minimum absolute atomic E-state index is 0.143. The molecule has 2 aromatic heterocycles. The zero-order chi connectivity index (χ0) is 16.9. The van der Waals surface area contributed by atoms with Crippen LogP contribution in [0.5, 0.6) is 0 Å². The number of likely N-dealkylation sites (tertiary alicyclic amines) is 1. The van der Waals surface area contributed by atoms with Crippen molar-refractivity contribution in [2.45, 2.75) is 38.4 Å². The Balaban J connectivity index is 1.56. The lowest BCUT2D eigenvalue weighted by molar-refractivity contribution is -0.132. The summed E-state index contributed by atoms with van der Waals surface area (Å²) < 4.78 is 3.61. The Morgan fingerprint density at radius 2 is 2.25 bits per heavy atom. The summed E-state index contributed by atoms with van der Waals surface area (Å²) in [5.74, 6) is 0.143. The average Bonchev–Trinajstić information content (AvgIpc) is 3.21. The largest absolute Gasteiger partial charge is 0.340 e. The van der Waals surface area contributed by atoms with Crippen LogP contribution in [0.25, 0.3) is 0 Å². The van der Waals surface area contributed by atoms with Crippen LogP contribution in [0.2, 0.25) is 0 Å². The summed E-state index contributed by atoms with van der Waals surface area (Å²) in [6.45, 7) is 2.80. The summed E-state index contributed by atoms with van der Waals surface area (Å²) >= 11 is 0. The number of carbonyl (C=O) groups is 1. The molecule has 1 saturated heterocycles. The molecular formula is C16H25N7O. The molecule has 0 unspecified atom stereocenters. The number of amides is 1. The van der Waals surface area contributed by atoms with Crippen molar-refractivity contribution in [2.24, 2.45) is 7.05 Å². The van der Waals surface area contributed by atoms with Gasteiger partial charge >= 0.3 is 0 Å². The summed E-state index contributed by atoms with van der Waals surface area (Å²) in [5, 5.41) is 8.34. The van der Waals surface area contributed by atoms with Crippen molar-refractivity contribution in [3.8, 4) is 0 Å². The molecule has 3 rings (SSSR count). The summed E-state index contributed by atoms with van der Waals surface area (Å²) in [5.41, 5.74) is 1.05. The van der Waals surface area contributed by atoms with E-state index in [1.165, 1.54) is 6.42 Å². The number of aromatic nitrogens is 5. The second kappa shape index (κ2) is 7.57. The van der Waals surface area contributed by atoms with Crippen molar-refractivity contribution < 1.29 is 4.79 Å². The summed E-state index contributed by atoms with van der Waals surface area (Å²) in [7, 11) is 3.74. The predicted molar refractivity (Wildman–Crippen MR) is 88.9 cm³/mol. The molecule has 1 fully saturated rings. The van der Waals surface area contributed by atoms with Gasteiger partial charge in [-0.3, -0.25) is 19.1 Å². The predicted octanol–water partition coefficient (Wildman–Crippen LogP) is 0.525. The molecule has 0 radical (unpaired) electrons. The van der Waals surface area contributed by atoms with Crippen LogP contribution in [0, 0.1) is 0 Å². The molecular weight excluding hydrogens is 306 g/mol. The van der Waals surface area contributed by atoms with Gasteiger partial charge in [0.2, 0.25) is 5.91 Å². The van der Waals surface area contributed by atoms with Gasteiger partial charge in [0.05, 0.1) is 19.3 Å². The summed E-state index contributed by atoms with van der Waals surface area (Å²) in [4.78, 5) is 20.7. The van der Waals surface area contributed by atoms with E-state index >= 15 is 0 Å². The highest BCUT2D eigenvalue weighted by atomic mass is 16.2. The molecule has 0 aromatic carbocycles. The van der Waals surface area contributed by atoms with Crippen molar-refractivity contribution in [1.82, 2.24) is 34.3 Å². The van der Waals surface area contributed by atoms with Gasteiger partial charge in [-0.15, -0.1) is 0 Å². The molecule has 24 heavy (non-hydrogen) atoms. The highest BCUT2D eigenvalue weighted by Gasteiger charge is 2.26. The topological polar surface area (TPSA) is 72.1 Å². The van der Waals surface area contributed by atoms with E-state index in [4.69, 9.17) is 0 Å². The SMILES string of the molecule is CN(Cc1cnn(C)c1)C(=O)CN1CCCC[C@@H]1Cn1cncn1. The smallest absolute Gasteiger partial charge is 0.236 e. The fourth-order valence-corrected chi connectivity index (χ4v) is 3.23. The van der Waals surface area contributed by atoms with Crippen molar-refractivity contribution in [3.05, 3.63) is 30.6 Å². The Morgan fingerprint density at radius 1 is 1.38 bits per heavy atom. The fourth-order valence-electron chi connectivity index (χ4n) is 3.23. The number of likely N-dealkylation sites (N-methyl/N-ethyl adjacent to an activating group) is 1. The quantitative estimate of drug-likeness (QED) is 0.772. The first kappa shape index (κ1) is 16.6. The van der Waals surface area contributed by atoms with Crippen molar-refractivity contribution in [1.29, 1.82) is 0 Å². The van der Waals surface area contributed by atoms with Crippen LogP contribution in [0.15, 0.2) is 25.0 Å². The number of hydrogen-bond donors (Lipinski definition) is 0. The Kier molecular flexibility index (Phi) is 5.24. The second-order valence-corrected chi connectivity index (χ2v) is 6.51. The Labute approximate surface area is 142 Å². The third-order valence-electron chi connectivity index (χ3n) is 4.56. The first-order valence-electron chi connectivity index (χ1n) is 8.40. The van der Waals surface area contributed by atoms with Gasteiger partial charge in [-0.05, 0) is 19.4 Å². The molecule has 0 saturated carbocycles. The molecule has 0 spiro atoms. The van der Waals surface area contributed by atoms with Gasteiger partial charge in [-0.1, -0.05) is 6.42 Å². The van der Waals surface area contributed by atoms with Gasteiger partial charge in [0.15, 0.2) is 0 Å². The lowest BCUT2D eigenvalue weighted by Crippen LogP contribution is -2.47. The molecule has 0 N–H and O–H groups in total. The van der Waals surface area contributed by atoms with Crippen LogP contribution in [0.1, 0.15) is 24.8 Å². The van der Waals surface area contributed by atoms with Crippen LogP contribution in [-0.2, 0) is 24.9 Å². The lowest BCUT2D eigenvalue weighted by atomic mass is 10.0. The average molecular weight is 331 g/mol. The minimum atomic E-state index is 0.143. The van der Waals surface area contributed by atoms with Gasteiger partial charge in [0, 0.05) is 38.4 Å². The third kappa shape index (κ3) is 4.19. The first-order valence-corrected chi connectivity index (χ1v) is 8.40. The minimum Gasteiger partial charge on any atom is -0.340 e. The van der Waals surface area contributed by atoms with Crippen LogP contribution in [-0.4, -0.2) is 66.4 Å². The standard InChI is InChI=1S/C16H25N7O/c1-20(8-14-7-18-21(2)9-14)16(24)11-22-6-4-3-5-15(22)10-23-13-17-12-19-23/h7,9,12-13,15H,3-6,8,10-11H2,1-2H3/t15-/m1/s1. The molecule has 0 bridgehead atoms. The molecule has 1 amide bonds. The van der Waals surface area contributed by atoms with Crippen molar-refractivity contribution in [2.75, 3.05) is 20.1 Å². The maximum Gasteiger partial charge on any atom is 0.236 e. The van der Waals surface area contributed by atoms with E-state index in [1.54, 1.807) is 28.4 Å². The van der Waals surface area contributed by atoms with Crippen LogP contribution < -0.4 is 0 Å². The van der Waals surface area contributed by atoms with E-state index in [2.05, 4.69) is 20.1 Å². The molecule has 0 aliphatic carbocycles. The fraction of sp³-hybridized carbons (Fsp3) is 0.625. The number of aryl methyl sites for hydroxylation is 1. The second-order valence-electron chi connectivity index (χ2n) is 6.51. The monoisotopic (exact) mass is 331 g/mol. The Morgan fingerprint density at radius 3 is 2.96 bits per heavy atom. The maximum absolute atomic E-state index is 12.6. The summed E-state index contributed by atoms with van der Waals surface area (Å²) in [6.07, 6.45) is 10.5. The molecule has 3 heterocycles. The maximum atomic E-state index is 12.6. The lowest BCUT2D eigenvalue weighted by Gasteiger charge is -2.35. The molecule has 130 valence electrons. The number of rotatable bonds is 6. The summed E-state index contributed by atoms with van der Waals surface area (Å²) in [6, 6.07) is 0.344. The van der Waals surface area contributed by atoms with Crippen molar-refractivity contribution >= 4 is 5.91 Å². The highest BCUT2D eigenvalue weighted by Crippen LogP contribution is 2.18. The van der Waals surface area contributed by atoms with Crippen LogP contribution in [0.4, 0.5) is 0 Å². The zero-order valence-corrected chi connectivity index (χ0v) is 14.4. The molecule has 2 aromatic rings. The van der Waals surface area contributed by atoms with Crippen LogP contribution >= 0.6 is 0 Å². The van der Waals surface area contributed by atoms with E-state index in [-0.39, 0.29) is 5.91 Å². The van der Waals surface area contributed by atoms with Gasteiger partial charge in [0.25, 0.3) is 0 Å². The van der Waals surface area contributed by atoms with E-state index in [0.29, 0.717) is 19.1 Å². The number of hydrogen-bond acceptors (Lipinski definition) is 5. The number of piperidine rings is 1. The number of nitrogens with zero attached hydrogens (tertiary/aromatic N) is 7. The molecule has 8 nitrogen and oxygen atoms in total. The Hall–Kier alpha value is -2.22. The Bertz CT molecular complexity index is 651. The third-order valence-corrected chi connectivity index (χ3v) is 4.56. The van der Waals surface area contributed by atoms with E-state index in [1.807, 2.05) is 25.0 Å². The van der Waals surface area contributed by atoms with E-state index < -0.39 is 0 Å².